The second kappa shape index (κ2) is 8.60. The van der Waals surface area contributed by atoms with Crippen molar-refractivity contribution in [3.05, 3.63) is 20.2 Å². The molecule has 0 radical (unpaired) electrons. The minimum atomic E-state index is -0.0552. The van der Waals surface area contributed by atoms with E-state index in [1.54, 1.807) is 7.11 Å². The fraction of sp³-hybridized carbons (Fsp3) is 0.733. The van der Waals surface area contributed by atoms with Crippen LogP contribution in [0.5, 0.6) is 0 Å². The van der Waals surface area contributed by atoms with Crippen molar-refractivity contribution in [1.29, 1.82) is 0 Å². The van der Waals surface area contributed by atoms with Gasteiger partial charge >= 0.3 is 0 Å². The van der Waals surface area contributed by atoms with E-state index >= 15 is 0 Å². The lowest BCUT2D eigenvalue weighted by Crippen LogP contribution is -2.22. The first-order valence-corrected chi connectivity index (χ1v) is 8.95. The third-order valence-corrected chi connectivity index (χ3v) is 5.58. The first-order valence-electron chi connectivity index (χ1n) is 7.49. The molecule has 1 heterocycles. The number of ether oxygens (including phenoxy) is 2. The van der Waals surface area contributed by atoms with Crippen molar-refractivity contribution in [3.63, 3.8) is 0 Å². The minimum Gasteiger partial charge on any atom is -0.378 e. The van der Waals surface area contributed by atoms with Gasteiger partial charge in [-0.3, -0.25) is 0 Å². The quantitative estimate of drug-likeness (QED) is 0.497. The summed E-state index contributed by atoms with van der Waals surface area (Å²) in [6.45, 7) is 3.12. The predicted molar refractivity (Wildman–Crippen MR) is 91.4 cm³/mol. The Hall–Kier alpha value is 0.0200. The number of rotatable bonds is 6. The van der Waals surface area contributed by atoms with Crippen LogP contribution in [0.2, 0.25) is 5.15 Å². The molecule has 6 heteroatoms. The summed E-state index contributed by atoms with van der Waals surface area (Å²) in [6, 6.07) is 0. The van der Waals surface area contributed by atoms with Gasteiger partial charge in [-0.25, -0.2) is 9.97 Å². The van der Waals surface area contributed by atoms with E-state index in [9.17, 15) is 0 Å². The molecule has 1 atom stereocenters. The van der Waals surface area contributed by atoms with E-state index in [-0.39, 0.29) is 6.10 Å². The average Bonchev–Trinajstić information content (AvgIpc) is 2.50. The fourth-order valence-corrected chi connectivity index (χ4v) is 3.47. The second-order valence-corrected chi connectivity index (χ2v) is 6.78. The van der Waals surface area contributed by atoms with Gasteiger partial charge in [-0.2, -0.15) is 0 Å². The first kappa shape index (κ1) is 17.4. The SMILES string of the molecule is CCOC(c1nc(Cl)c(I)c(COC)n1)C1CCCCC1. The molecule has 0 spiro atoms. The summed E-state index contributed by atoms with van der Waals surface area (Å²) in [5.74, 6) is 1.20. The van der Waals surface area contributed by atoms with Crippen molar-refractivity contribution < 1.29 is 9.47 Å². The van der Waals surface area contributed by atoms with Crippen molar-refractivity contribution in [2.24, 2.45) is 5.92 Å². The standard InChI is InChI=1S/C15H22ClIN2O2/c1-3-21-13(10-7-5-4-6-8-10)15-18-11(9-20-2)12(17)14(16)19-15/h10,13H,3-9H2,1-2H3. The van der Waals surface area contributed by atoms with E-state index in [1.165, 1.54) is 32.1 Å². The van der Waals surface area contributed by atoms with Gasteiger partial charge in [-0.1, -0.05) is 30.9 Å². The number of halogens is 2. The molecule has 0 aromatic carbocycles. The van der Waals surface area contributed by atoms with Crippen LogP contribution in [-0.4, -0.2) is 23.7 Å². The molecule has 1 saturated carbocycles. The molecule has 0 saturated heterocycles. The Labute approximate surface area is 145 Å². The van der Waals surface area contributed by atoms with Gasteiger partial charge in [0.25, 0.3) is 0 Å². The molecular formula is C15H22ClIN2O2. The molecule has 0 bridgehead atoms. The Morgan fingerprint density at radius 1 is 1.29 bits per heavy atom. The van der Waals surface area contributed by atoms with Crippen molar-refractivity contribution in [1.82, 2.24) is 9.97 Å². The topological polar surface area (TPSA) is 44.2 Å². The fourth-order valence-electron chi connectivity index (χ4n) is 2.88. The molecule has 1 aliphatic rings. The van der Waals surface area contributed by atoms with Crippen LogP contribution in [0, 0.1) is 9.49 Å². The predicted octanol–water partition coefficient (Wildman–Crippen LogP) is 4.54. The number of hydrogen-bond acceptors (Lipinski definition) is 4. The van der Waals surface area contributed by atoms with Gasteiger partial charge in [0.05, 0.1) is 15.9 Å². The molecule has 0 N–H and O–H groups in total. The zero-order chi connectivity index (χ0) is 15.2. The van der Waals surface area contributed by atoms with Gasteiger partial charge in [0.2, 0.25) is 0 Å². The highest BCUT2D eigenvalue weighted by atomic mass is 127. The van der Waals surface area contributed by atoms with Crippen molar-refractivity contribution in [3.8, 4) is 0 Å². The van der Waals surface area contributed by atoms with Gasteiger partial charge in [-0.15, -0.1) is 0 Å². The average molecular weight is 425 g/mol. The summed E-state index contributed by atoms with van der Waals surface area (Å²) in [5.41, 5.74) is 0.841. The summed E-state index contributed by atoms with van der Waals surface area (Å²) >= 11 is 8.43. The summed E-state index contributed by atoms with van der Waals surface area (Å²) in [4.78, 5) is 9.14. The lowest BCUT2D eigenvalue weighted by molar-refractivity contribution is -0.000560. The largest absolute Gasteiger partial charge is 0.378 e. The molecule has 118 valence electrons. The highest BCUT2D eigenvalue weighted by Gasteiger charge is 2.29. The molecule has 21 heavy (non-hydrogen) atoms. The van der Waals surface area contributed by atoms with Gasteiger partial charge in [0, 0.05) is 13.7 Å². The highest BCUT2D eigenvalue weighted by Crippen LogP contribution is 2.36. The lowest BCUT2D eigenvalue weighted by Gasteiger charge is -2.29. The van der Waals surface area contributed by atoms with Gasteiger partial charge in [0.15, 0.2) is 5.82 Å². The number of hydrogen-bond donors (Lipinski definition) is 0. The monoisotopic (exact) mass is 424 g/mol. The van der Waals surface area contributed by atoms with Crippen LogP contribution >= 0.6 is 34.2 Å². The zero-order valence-electron chi connectivity index (χ0n) is 12.6. The van der Waals surface area contributed by atoms with Gasteiger partial charge in [0.1, 0.15) is 11.3 Å². The Kier molecular flexibility index (Phi) is 7.12. The molecule has 0 amide bonds. The van der Waals surface area contributed by atoms with E-state index in [2.05, 4.69) is 32.6 Å². The van der Waals surface area contributed by atoms with Crippen LogP contribution in [0.3, 0.4) is 0 Å². The Bertz CT molecular complexity index is 467. The number of methoxy groups -OCH3 is 1. The van der Waals surface area contributed by atoms with E-state index < -0.39 is 0 Å². The molecule has 1 fully saturated rings. The van der Waals surface area contributed by atoms with E-state index in [1.807, 2.05) is 6.92 Å². The Balaban J connectivity index is 2.30. The maximum atomic E-state index is 6.27. The first-order chi connectivity index (χ1) is 10.2. The Morgan fingerprint density at radius 3 is 2.62 bits per heavy atom. The summed E-state index contributed by atoms with van der Waals surface area (Å²) in [6.07, 6.45) is 6.14. The molecular weight excluding hydrogens is 403 g/mol. The van der Waals surface area contributed by atoms with E-state index in [4.69, 9.17) is 21.1 Å². The highest BCUT2D eigenvalue weighted by molar-refractivity contribution is 14.1. The lowest BCUT2D eigenvalue weighted by atomic mass is 9.85. The van der Waals surface area contributed by atoms with Crippen LogP contribution < -0.4 is 0 Å². The summed E-state index contributed by atoms with van der Waals surface area (Å²) in [5, 5.41) is 0.494. The van der Waals surface area contributed by atoms with Gasteiger partial charge in [-0.05, 0) is 48.3 Å². The van der Waals surface area contributed by atoms with E-state index in [0.717, 1.165) is 9.26 Å². The minimum absolute atomic E-state index is 0.0552. The molecule has 0 aliphatic heterocycles. The third-order valence-electron chi connectivity index (χ3n) is 3.86. The second-order valence-electron chi connectivity index (χ2n) is 5.34. The van der Waals surface area contributed by atoms with Crippen LogP contribution in [-0.2, 0) is 16.1 Å². The van der Waals surface area contributed by atoms with Crippen molar-refractivity contribution in [2.75, 3.05) is 13.7 Å². The van der Waals surface area contributed by atoms with Crippen LogP contribution in [0.1, 0.15) is 56.7 Å². The molecule has 1 aromatic rings. The summed E-state index contributed by atoms with van der Waals surface area (Å²) in [7, 11) is 1.66. The van der Waals surface area contributed by atoms with Crippen molar-refractivity contribution >= 4 is 34.2 Å². The zero-order valence-corrected chi connectivity index (χ0v) is 15.5. The van der Waals surface area contributed by atoms with Crippen molar-refractivity contribution in [2.45, 2.75) is 51.7 Å². The van der Waals surface area contributed by atoms with Gasteiger partial charge < -0.3 is 9.47 Å². The van der Waals surface area contributed by atoms with Crippen LogP contribution in [0.15, 0.2) is 0 Å². The number of aromatic nitrogens is 2. The molecule has 4 nitrogen and oxygen atoms in total. The number of nitrogens with zero attached hydrogens (tertiary/aromatic N) is 2. The summed E-state index contributed by atoms with van der Waals surface area (Å²) < 4.78 is 12.0. The maximum Gasteiger partial charge on any atom is 0.159 e. The molecule has 1 aliphatic carbocycles. The molecule has 1 aromatic heterocycles. The maximum absolute atomic E-state index is 6.27. The normalized spacial score (nSPS) is 17.9. The Morgan fingerprint density at radius 2 is 2.00 bits per heavy atom. The molecule has 1 unspecified atom stereocenters. The third kappa shape index (κ3) is 4.50. The van der Waals surface area contributed by atoms with E-state index in [0.29, 0.717) is 30.1 Å². The molecule has 2 rings (SSSR count). The van der Waals surface area contributed by atoms with Crippen LogP contribution in [0.25, 0.3) is 0 Å². The smallest absolute Gasteiger partial charge is 0.159 e. The van der Waals surface area contributed by atoms with Crippen LogP contribution in [0.4, 0.5) is 0 Å².